The fourth-order valence-corrected chi connectivity index (χ4v) is 2.67. The van der Waals surface area contributed by atoms with Gasteiger partial charge in [0.1, 0.15) is 0 Å². The summed E-state index contributed by atoms with van der Waals surface area (Å²) >= 11 is 1.61. The Morgan fingerprint density at radius 3 is 2.76 bits per heavy atom. The number of urea groups is 1. The number of hydrogen-bond acceptors (Lipinski definition) is 3. The number of nitrogens with one attached hydrogen (secondary N) is 1. The minimum Gasteiger partial charge on any atom is -0.338 e. The molecule has 1 aromatic carbocycles. The fraction of sp³-hybridized carbons (Fsp3) is 0.375. The average molecular weight is 303 g/mol. The molecule has 0 atom stereocenters. The van der Waals surface area contributed by atoms with Gasteiger partial charge in [-0.3, -0.25) is 0 Å². The number of carbonyl (C=O) groups is 1. The summed E-state index contributed by atoms with van der Waals surface area (Å²) in [5.74, 6) is 0. The van der Waals surface area contributed by atoms with Crippen LogP contribution in [0.4, 0.5) is 4.79 Å². The molecule has 21 heavy (non-hydrogen) atoms. The zero-order valence-electron chi connectivity index (χ0n) is 12.5. The van der Waals surface area contributed by atoms with Crippen LogP contribution in [0.1, 0.15) is 22.7 Å². The van der Waals surface area contributed by atoms with Crippen molar-refractivity contribution in [2.75, 3.05) is 13.6 Å². The first-order valence-electron chi connectivity index (χ1n) is 7.09. The standard InChI is InChI=1S/C16H21N3OS/c1-13-18-15(12-21-13)11-19(2)16(20)17-10-6-9-14-7-4-3-5-8-14/h3-5,7-8,12H,6,9-11H2,1-2H3,(H,17,20). The molecule has 0 aliphatic heterocycles. The van der Waals surface area contributed by atoms with Crippen LogP contribution in [0.25, 0.3) is 0 Å². The molecule has 0 aliphatic carbocycles. The zero-order chi connectivity index (χ0) is 15.1. The third-order valence-electron chi connectivity index (χ3n) is 3.17. The molecule has 0 bridgehead atoms. The highest BCUT2D eigenvalue weighted by atomic mass is 32.1. The van der Waals surface area contributed by atoms with E-state index in [9.17, 15) is 4.79 Å². The van der Waals surface area contributed by atoms with Crippen molar-refractivity contribution in [2.24, 2.45) is 0 Å². The van der Waals surface area contributed by atoms with E-state index in [1.807, 2.05) is 30.5 Å². The van der Waals surface area contributed by atoms with E-state index < -0.39 is 0 Å². The van der Waals surface area contributed by atoms with E-state index in [0.717, 1.165) is 23.5 Å². The van der Waals surface area contributed by atoms with E-state index in [2.05, 4.69) is 22.4 Å². The summed E-state index contributed by atoms with van der Waals surface area (Å²) in [6.45, 7) is 3.21. The summed E-state index contributed by atoms with van der Waals surface area (Å²) in [5.41, 5.74) is 2.25. The lowest BCUT2D eigenvalue weighted by molar-refractivity contribution is 0.206. The fourth-order valence-electron chi connectivity index (χ4n) is 2.06. The first-order chi connectivity index (χ1) is 10.1. The molecule has 2 rings (SSSR count). The Balaban J connectivity index is 1.67. The summed E-state index contributed by atoms with van der Waals surface area (Å²) in [6, 6.07) is 10.3. The monoisotopic (exact) mass is 303 g/mol. The Morgan fingerprint density at radius 2 is 2.10 bits per heavy atom. The van der Waals surface area contributed by atoms with E-state index in [1.165, 1.54) is 5.56 Å². The summed E-state index contributed by atoms with van der Waals surface area (Å²) < 4.78 is 0. The third-order valence-corrected chi connectivity index (χ3v) is 4.00. The predicted molar refractivity (Wildman–Crippen MR) is 86.5 cm³/mol. The minimum absolute atomic E-state index is 0.0475. The quantitative estimate of drug-likeness (QED) is 0.833. The molecule has 2 aromatic rings. The highest BCUT2D eigenvalue weighted by Gasteiger charge is 2.09. The van der Waals surface area contributed by atoms with Gasteiger partial charge in [-0.1, -0.05) is 30.3 Å². The van der Waals surface area contributed by atoms with Gasteiger partial charge < -0.3 is 10.2 Å². The molecule has 1 heterocycles. The second kappa shape index (κ2) is 7.78. The molecule has 0 fully saturated rings. The first kappa shape index (κ1) is 15.5. The lowest BCUT2D eigenvalue weighted by Gasteiger charge is -2.16. The molecular weight excluding hydrogens is 282 g/mol. The Hall–Kier alpha value is -1.88. The zero-order valence-corrected chi connectivity index (χ0v) is 13.3. The van der Waals surface area contributed by atoms with Gasteiger partial charge in [0.05, 0.1) is 17.2 Å². The van der Waals surface area contributed by atoms with E-state index in [-0.39, 0.29) is 6.03 Å². The second-order valence-electron chi connectivity index (χ2n) is 5.04. The van der Waals surface area contributed by atoms with Crippen molar-refractivity contribution in [3.63, 3.8) is 0 Å². The van der Waals surface area contributed by atoms with Crippen molar-refractivity contribution < 1.29 is 4.79 Å². The molecule has 1 aromatic heterocycles. The summed E-state index contributed by atoms with van der Waals surface area (Å²) in [5, 5.41) is 5.97. The number of amides is 2. The maximum absolute atomic E-state index is 12.0. The van der Waals surface area contributed by atoms with E-state index in [1.54, 1.807) is 23.3 Å². The summed E-state index contributed by atoms with van der Waals surface area (Å²) in [6.07, 6.45) is 1.93. The number of benzene rings is 1. The minimum atomic E-state index is -0.0475. The van der Waals surface area contributed by atoms with Crippen LogP contribution in [0.5, 0.6) is 0 Å². The molecule has 0 unspecified atom stereocenters. The molecular formula is C16H21N3OS. The molecule has 0 saturated carbocycles. The Kier molecular flexibility index (Phi) is 5.75. The van der Waals surface area contributed by atoms with E-state index in [4.69, 9.17) is 0 Å². The number of rotatable bonds is 6. The third kappa shape index (κ3) is 5.19. The normalized spacial score (nSPS) is 10.4. The van der Waals surface area contributed by atoms with Gasteiger partial charge in [-0.25, -0.2) is 9.78 Å². The molecule has 1 N–H and O–H groups in total. The highest BCUT2D eigenvalue weighted by molar-refractivity contribution is 7.09. The topological polar surface area (TPSA) is 45.2 Å². The predicted octanol–water partition coefficient (Wildman–Crippen LogP) is 3.23. The van der Waals surface area contributed by atoms with Crippen molar-refractivity contribution in [2.45, 2.75) is 26.3 Å². The van der Waals surface area contributed by atoms with Gasteiger partial charge in [-0.05, 0) is 25.3 Å². The largest absolute Gasteiger partial charge is 0.338 e. The van der Waals surface area contributed by atoms with Gasteiger partial charge in [0, 0.05) is 19.0 Å². The van der Waals surface area contributed by atoms with Crippen LogP contribution in [0.15, 0.2) is 35.7 Å². The summed E-state index contributed by atoms with van der Waals surface area (Å²) in [4.78, 5) is 18.0. The van der Waals surface area contributed by atoms with Gasteiger partial charge >= 0.3 is 6.03 Å². The maximum Gasteiger partial charge on any atom is 0.317 e. The van der Waals surface area contributed by atoms with Gasteiger partial charge in [0.15, 0.2) is 0 Å². The highest BCUT2D eigenvalue weighted by Crippen LogP contribution is 2.09. The first-order valence-corrected chi connectivity index (χ1v) is 7.97. The molecule has 0 aliphatic rings. The molecule has 2 amide bonds. The average Bonchev–Trinajstić information content (AvgIpc) is 2.89. The SMILES string of the molecule is Cc1nc(CN(C)C(=O)NCCCc2ccccc2)cs1. The number of aryl methyl sites for hydroxylation is 2. The van der Waals surface area contributed by atoms with Crippen LogP contribution in [0.2, 0.25) is 0 Å². The number of nitrogens with zero attached hydrogens (tertiary/aromatic N) is 2. The van der Waals surface area contributed by atoms with E-state index >= 15 is 0 Å². The number of aromatic nitrogens is 1. The number of thiazole rings is 1. The number of hydrogen-bond donors (Lipinski definition) is 1. The van der Waals surface area contributed by atoms with Gasteiger partial charge in [0.2, 0.25) is 0 Å². The summed E-state index contributed by atoms with van der Waals surface area (Å²) in [7, 11) is 1.79. The van der Waals surface area contributed by atoms with Gasteiger partial charge in [-0.2, -0.15) is 0 Å². The lowest BCUT2D eigenvalue weighted by atomic mass is 10.1. The van der Waals surface area contributed by atoms with Crippen LogP contribution in [0.3, 0.4) is 0 Å². The van der Waals surface area contributed by atoms with E-state index in [0.29, 0.717) is 13.1 Å². The van der Waals surface area contributed by atoms with Crippen molar-refractivity contribution in [1.29, 1.82) is 0 Å². The Labute approximate surface area is 129 Å². The van der Waals surface area contributed by atoms with Crippen molar-refractivity contribution >= 4 is 17.4 Å². The second-order valence-corrected chi connectivity index (χ2v) is 6.10. The molecule has 4 nitrogen and oxygen atoms in total. The maximum atomic E-state index is 12.0. The molecule has 0 saturated heterocycles. The number of carbonyl (C=O) groups excluding carboxylic acids is 1. The van der Waals surface area contributed by atoms with Crippen LogP contribution in [-0.2, 0) is 13.0 Å². The van der Waals surface area contributed by atoms with Crippen LogP contribution in [-0.4, -0.2) is 29.5 Å². The molecule has 112 valence electrons. The van der Waals surface area contributed by atoms with Crippen LogP contribution >= 0.6 is 11.3 Å². The molecule has 0 spiro atoms. The molecule has 0 radical (unpaired) electrons. The Bertz CT molecular complexity index is 568. The van der Waals surface area contributed by atoms with Crippen LogP contribution < -0.4 is 5.32 Å². The molecule has 5 heteroatoms. The Morgan fingerprint density at radius 1 is 1.33 bits per heavy atom. The van der Waals surface area contributed by atoms with Crippen molar-refractivity contribution in [1.82, 2.24) is 15.2 Å². The van der Waals surface area contributed by atoms with Gasteiger partial charge in [0.25, 0.3) is 0 Å². The van der Waals surface area contributed by atoms with Crippen molar-refractivity contribution in [3.05, 3.63) is 52.0 Å². The lowest BCUT2D eigenvalue weighted by Crippen LogP contribution is -2.37. The van der Waals surface area contributed by atoms with Crippen molar-refractivity contribution in [3.8, 4) is 0 Å². The van der Waals surface area contributed by atoms with Crippen LogP contribution in [0, 0.1) is 6.92 Å². The smallest absolute Gasteiger partial charge is 0.317 e. The van der Waals surface area contributed by atoms with Gasteiger partial charge in [-0.15, -0.1) is 11.3 Å².